The molecule has 0 spiro atoms. The summed E-state index contributed by atoms with van der Waals surface area (Å²) in [5.74, 6) is -1.78. The van der Waals surface area contributed by atoms with Gasteiger partial charge in [-0.2, -0.15) is 36.0 Å². The Labute approximate surface area is 193 Å². The fraction of sp³-hybridized carbons (Fsp3) is 0.300. The zero-order valence-corrected chi connectivity index (χ0v) is 18.3. The molecule has 1 N–H and O–H groups in total. The van der Waals surface area contributed by atoms with Gasteiger partial charge < -0.3 is 5.32 Å². The van der Waals surface area contributed by atoms with Crippen LogP contribution in [0.5, 0.6) is 0 Å². The van der Waals surface area contributed by atoms with Gasteiger partial charge in [0.05, 0.1) is 17.2 Å². The van der Waals surface area contributed by atoms with Gasteiger partial charge in [0, 0.05) is 31.9 Å². The fourth-order valence-corrected chi connectivity index (χ4v) is 2.85. The van der Waals surface area contributed by atoms with Gasteiger partial charge in [0.1, 0.15) is 0 Å². The van der Waals surface area contributed by atoms with E-state index in [2.05, 4.69) is 25.4 Å². The number of aromatic nitrogens is 5. The molecule has 1 aromatic carbocycles. The number of rotatable bonds is 5. The molecule has 0 aliphatic heterocycles. The molecule has 0 radical (unpaired) electrons. The molecule has 3 rings (SSSR count). The summed E-state index contributed by atoms with van der Waals surface area (Å²) < 4.78 is 80.0. The van der Waals surface area contributed by atoms with Crippen LogP contribution in [-0.2, 0) is 17.1 Å². The number of nitrogens with zero attached hydrogens (tertiary/aromatic N) is 6. The highest BCUT2D eigenvalue weighted by Crippen LogP contribution is 2.36. The first-order chi connectivity index (χ1) is 16.2. The lowest BCUT2D eigenvalue weighted by atomic mass is 10.0. The maximum atomic E-state index is 13.1. The van der Waals surface area contributed by atoms with Crippen molar-refractivity contribution in [2.24, 2.45) is 0 Å². The average molecular weight is 501 g/mol. The minimum atomic E-state index is -5.11. The van der Waals surface area contributed by atoms with Gasteiger partial charge >= 0.3 is 12.4 Å². The summed E-state index contributed by atoms with van der Waals surface area (Å²) in [7, 11) is 1.38. The normalized spacial score (nSPS) is 12.8. The maximum absolute atomic E-state index is 13.1. The lowest BCUT2D eigenvalue weighted by molar-refractivity contribution is -0.143. The Morgan fingerprint density at radius 2 is 1.54 bits per heavy atom. The van der Waals surface area contributed by atoms with Crippen LogP contribution < -0.4 is 10.2 Å². The molecule has 0 aliphatic rings. The minimum Gasteiger partial charge on any atom is -0.342 e. The topological polar surface area (TPSA) is 106 Å². The molecular weight excluding hydrogens is 484 g/mol. The van der Waals surface area contributed by atoms with E-state index in [9.17, 15) is 35.9 Å². The number of amides is 2. The Bertz CT molecular complexity index is 1210. The van der Waals surface area contributed by atoms with Crippen molar-refractivity contribution in [1.82, 2.24) is 30.0 Å². The van der Waals surface area contributed by atoms with E-state index >= 15 is 0 Å². The Hall–Kier alpha value is -4.04. The summed E-state index contributed by atoms with van der Waals surface area (Å²) >= 11 is 0. The highest BCUT2D eigenvalue weighted by Gasteiger charge is 2.37. The van der Waals surface area contributed by atoms with Gasteiger partial charge in [0.25, 0.3) is 17.8 Å². The SMILES string of the molecule is CC(=O)N(C)c1nc(C(C)NC(=O)c2cc(C(F)(F)F)cc(C(F)(F)F)c2)n(-c2ncccn2)n1. The molecule has 0 saturated carbocycles. The molecule has 35 heavy (non-hydrogen) atoms. The first-order valence-electron chi connectivity index (χ1n) is 9.77. The summed E-state index contributed by atoms with van der Waals surface area (Å²) in [5.41, 5.74) is -4.12. The van der Waals surface area contributed by atoms with Crippen LogP contribution >= 0.6 is 0 Å². The number of halogens is 6. The van der Waals surface area contributed by atoms with E-state index in [-0.39, 0.29) is 23.8 Å². The molecule has 9 nitrogen and oxygen atoms in total. The van der Waals surface area contributed by atoms with Gasteiger partial charge in [-0.3, -0.25) is 14.5 Å². The highest BCUT2D eigenvalue weighted by molar-refractivity contribution is 5.95. The Kier molecular flexibility index (Phi) is 6.80. The molecule has 1 atom stereocenters. The second-order valence-corrected chi connectivity index (χ2v) is 7.30. The second kappa shape index (κ2) is 9.31. The van der Waals surface area contributed by atoms with Gasteiger partial charge in [-0.15, -0.1) is 5.10 Å². The molecule has 2 heterocycles. The smallest absolute Gasteiger partial charge is 0.342 e. The molecule has 2 aromatic heterocycles. The number of alkyl halides is 6. The third-order valence-electron chi connectivity index (χ3n) is 4.72. The maximum Gasteiger partial charge on any atom is 0.416 e. The van der Waals surface area contributed by atoms with Crippen LogP contribution in [0.4, 0.5) is 32.3 Å². The summed E-state index contributed by atoms with van der Waals surface area (Å²) in [6.07, 6.45) is -7.46. The highest BCUT2D eigenvalue weighted by atomic mass is 19.4. The van der Waals surface area contributed by atoms with Crippen molar-refractivity contribution in [3.8, 4) is 5.95 Å². The zero-order chi connectivity index (χ0) is 26.1. The van der Waals surface area contributed by atoms with E-state index in [1.165, 1.54) is 39.4 Å². The van der Waals surface area contributed by atoms with E-state index < -0.39 is 46.9 Å². The molecule has 0 saturated heterocycles. The average Bonchev–Trinajstić information content (AvgIpc) is 3.23. The molecular formula is C20H17F6N7O2. The lowest BCUT2D eigenvalue weighted by Gasteiger charge is -2.16. The number of hydrogen-bond acceptors (Lipinski definition) is 6. The van der Waals surface area contributed by atoms with Crippen molar-refractivity contribution in [3.63, 3.8) is 0 Å². The number of carbonyl (C=O) groups is 2. The standard InChI is InChI=1S/C20H17F6N7O2/c1-10(15-30-18(32(3)11(2)34)31-33(15)17-27-5-4-6-28-17)29-16(35)12-7-13(19(21,22)23)9-14(8-12)20(24,25)26/h4-10H,1-3H3,(H,29,35). The summed E-state index contributed by atoms with van der Waals surface area (Å²) in [4.78, 5) is 37.7. The third-order valence-corrected chi connectivity index (χ3v) is 4.72. The number of hydrogen-bond donors (Lipinski definition) is 1. The van der Waals surface area contributed by atoms with Gasteiger partial charge in [-0.05, 0) is 31.2 Å². The van der Waals surface area contributed by atoms with Crippen LogP contribution in [-0.4, -0.2) is 43.6 Å². The van der Waals surface area contributed by atoms with Crippen LogP contribution in [0, 0.1) is 0 Å². The number of benzene rings is 1. The monoisotopic (exact) mass is 501 g/mol. The van der Waals surface area contributed by atoms with Gasteiger partial charge in [-0.25, -0.2) is 9.97 Å². The van der Waals surface area contributed by atoms with E-state index in [1.54, 1.807) is 0 Å². The molecule has 15 heteroatoms. The molecule has 0 fully saturated rings. The van der Waals surface area contributed by atoms with Gasteiger partial charge in [-0.1, -0.05) is 0 Å². The van der Waals surface area contributed by atoms with E-state index in [0.29, 0.717) is 12.1 Å². The number of anilines is 1. The minimum absolute atomic E-state index is 0.00210. The van der Waals surface area contributed by atoms with Crippen molar-refractivity contribution in [1.29, 1.82) is 0 Å². The Morgan fingerprint density at radius 1 is 1.00 bits per heavy atom. The molecule has 0 bridgehead atoms. The van der Waals surface area contributed by atoms with Crippen molar-refractivity contribution in [2.75, 3.05) is 11.9 Å². The first kappa shape index (κ1) is 25.6. The number of carbonyl (C=O) groups excluding carboxylic acids is 2. The van der Waals surface area contributed by atoms with Crippen LogP contribution in [0.25, 0.3) is 5.95 Å². The molecule has 0 aliphatic carbocycles. The van der Waals surface area contributed by atoms with E-state index in [0.717, 1.165) is 9.58 Å². The number of nitrogens with one attached hydrogen (secondary N) is 1. The van der Waals surface area contributed by atoms with Crippen LogP contribution in [0.2, 0.25) is 0 Å². The lowest BCUT2D eigenvalue weighted by Crippen LogP contribution is -2.29. The summed E-state index contributed by atoms with van der Waals surface area (Å²) in [6, 6.07) is 0.971. The van der Waals surface area contributed by atoms with Crippen molar-refractivity contribution >= 4 is 17.8 Å². The van der Waals surface area contributed by atoms with E-state index in [4.69, 9.17) is 0 Å². The predicted molar refractivity (Wildman–Crippen MR) is 108 cm³/mol. The first-order valence-corrected chi connectivity index (χ1v) is 9.77. The van der Waals surface area contributed by atoms with Crippen LogP contribution in [0.15, 0.2) is 36.7 Å². The van der Waals surface area contributed by atoms with Crippen molar-refractivity contribution in [3.05, 3.63) is 59.2 Å². The Balaban J connectivity index is 2.00. The third kappa shape index (κ3) is 5.73. The van der Waals surface area contributed by atoms with E-state index in [1.807, 2.05) is 0 Å². The summed E-state index contributed by atoms with van der Waals surface area (Å²) in [6.45, 7) is 2.62. The molecule has 1 unspecified atom stereocenters. The Morgan fingerprint density at radius 3 is 2.03 bits per heavy atom. The molecule has 186 valence electrons. The van der Waals surface area contributed by atoms with Gasteiger partial charge in [0.2, 0.25) is 5.91 Å². The quantitative estimate of drug-likeness (QED) is 0.536. The van der Waals surface area contributed by atoms with Crippen molar-refractivity contribution in [2.45, 2.75) is 32.2 Å². The van der Waals surface area contributed by atoms with Crippen LogP contribution in [0.1, 0.15) is 47.2 Å². The largest absolute Gasteiger partial charge is 0.416 e. The van der Waals surface area contributed by atoms with Crippen molar-refractivity contribution < 1.29 is 35.9 Å². The predicted octanol–water partition coefficient (Wildman–Crippen LogP) is 3.57. The molecule has 3 aromatic rings. The second-order valence-electron chi connectivity index (χ2n) is 7.30. The zero-order valence-electron chi connectivity index (χ0n) is 18.3. The molecule has 2 amide bonds. The van der Waals surface area contributed by atoms with Crippen LogP contribution in [0.3, 0.4) is 0 Å². The van der Waals surface area contributed by atoms with Gasteiger partial charge in [0.15, 0.2) is 5.82 Å². The fourth-order valence-electron chi connectivity index (χ4n) is 2.85. The summed E-state index contributed by atoms with van der Waals surface area (Å²) in [5, 5.41) is 6.44.